The number of carboxylic acid groups (broad SMARTS) is 1. The van der Waals surface area contributed by atoms with Crippen LogP contribution in [0.2, 0.25) is 0 Å². The Morgan fingerprint density at radius 1 is 1.28 bits per heavy atom. The number of aliphatic carboxylic acids is 1. The molecule has 1 unspecified atom stereocenters. The number of nitrogen functional groups attached to an aromatic ring is 1. The van der Waals surface area contributed by atoms with Crippen molar-refractivity contribution < 1.29 is 39.1 Å². The Morgan fingerprint density at radius 2 is 2.00 bits per heavy atom. The van der Waals surface area contributed by atoms with Crippen LogP contribution in [0.15, 0.2) is 12.7 Å². The largest absolute Gasteiger partial charge is 0.480 e. The van der Waals surface area contributed by atoms with E-state index >= 15 is 0 Å². The summed E-state index contributed by atoms with van der Waals surface area (Å²) in [7, 11) is 0. The lowest BCUT2D eigenvalue weighted by Gasteiger charge is -2.22. The monoisotopic (exact) mass is 454 g/mol. The third-order valence-corrected chi connectivity index (χ3v) is 4.55. The van der Waals surface area contributed by atoms with Gasteiger partial charge in [0.15, 0.2) is 23.7 Å². The molecular weight excluding hydrogens is 428 g/mol. The van der Waals surface area contributed by atoms with Crippen molar-refractivity contribution in [1.29, 1.82) is 0 Å². The molecule has 1 saturated heterocycles. The maximum absolute atomic E-state index is 11.8. The molecule has 0 radical (unpaired) electrons. The van der Waals surface area contributed by atoms with Gasteiger partial charge >= 0.3 is 12.1 Å². The van der Waals surface area contributed by atoms with Crippen LogP contribution >= 0.6 is 0 Å². The quantitative estimate of drug-likeness (QED) is 0.342. The summed E-state index contributed by atoms with van der Waals surface area (Å²) >= 11 is 0. The number of nitrogens with one attached hydrogen (secondary N) is 1. The zero-order valence-corrected chi connectivity index (χ0v) is 17.7. The number of nitrogens with zero attached hydrogens (tertiary/aromatic N) is 4. The number of carboxylic acids is 1. The molecule has 0 spiro atoms. The summed E-state index contributed by atoms with van der Waals surface area (Å²) in [4.78, 5) is 35.2. The fourth-order valence-electron chi connectivity index (χ4n) is 3.08. The second-order valence-electron chi connectivity index (χ2n) is 8.20. The predicted molar refractivity (Wildman–Crippen MR) is 107 cm³/mol. The molecule has 2 aromatic rings. The van der Waals surface area contributed by atoms with Crippen molar-refractivity contribution in [2.45, 2.75) is 57.0 Å². The summed E-state index contributed by atoms with van der Waals surface area (Å²) < 4.78 is 17.5. The van der Waals surface area contributed by atoms with E-state index in [4.69, 9.17) is 19.9 Å². The number of aliphatic hydroxyl groups excluding tert-OH is 2. The molecular formula is C18H26N6O8. The predicted octanol–water partition coefficient (Wildman–Crippen LogP) is -0.978. The van der Waals surface area contributed by atoms with E-state index in [2.05, 4.69) is 20.3 Å². The van der Waals surface area contributed by atoms with Crippen LogP contribution in [-0.2, 0) is 19.0 Å². The summed E-state index contributed by atoms with van der Waals surface area (Å²) in [6, 6.07) is -1.39. The molecule has 1 fully saturated rings. The lowest BCUT2D eigenvalue weighted by atomic mass is 10.1. The lowest BCUT2D eigenvalue weighted by molar-refractivity contribution is -0.142. The number of fused-ring (bicyclic) bond motifs is 1. The van der Waals surface area contributed by atoms with Gasteiger partial charge in [0.2, 0.25) is 0 Å². The number of carbonyl (C=O) groups is 2. The highest BCUT2D eigenvalue weighted by Gasteiger charge is 2.44. The van der Waals surface area contributed by atoms with Gasteiger partial charge in [-0.3, -0.25) is 4.57 Å². The van der Waals surface area contributed by atoms with Gasteiger partial charge in [-0.15, -0.1) is 0 Å². The molecule has 3 heterocycles. The Bertz CT molecular complexity index is 976. The first kappa shape index (κ1) is 23.6. The van der Waals surface area contributed by atoms with Gasteiger partial charge in [0.25, 0.3) is 0 Å². The molecule has 0 aromatic carbocycles. The van der Waals surface area contributed by atoms with E-state index in [1.807, 2.05) is 0 Å². The van der Waals surface area contributed by atoms with Crippen LogP contribution in [0.3, 0.4) is 0 Å². The van der Waals surface area contributed by atoms with E-state index in [9.17, 15) is 24.9 Å². The summed E-state index contributed by atoms with van der Waals surface area (Å²) in [5.41, 5.74) is 5.58. The fourth-order valence-corrected chi connectivity index (χ4v) is 3.08. The average Bonchev–Trinajstić information content (AvgIpc) is 3.23. The van der Waals surface area contributed by atoms with Gasteiger partial charge in [-0.25, -0.2) is 24.5 Å². The van der Waals surface area contributed by atoms with Crippen LogP contribution in [0.25, 0.3) is 11.2 Å². The number of alkyl carbamates (subject to hydrolysis) is 1. The first-order chi connectivity index (χ1) is 15.0. The number of anilines is 1. The number of imidazole rings is 1. The number of nitrogens with two attached hydrogens (primary N) is 1. The van der Waals surface area contributed by atoms with E-state index in [-0.39, 0.29) is 12.4 Å². The number of amides is 1. The van der Waals surface area contributed by atoms with Gasteiger partial charge in [0.1, 0.15) is 35.8 Å². The maximum atomic E-state index is 11.8. The van der Waals surface area contributed by atoms with Gasteiger partial charge in [-0.2, -0.15) is 0 Å². The minimum atomic E-state index is -1.39. The van der Waals surface area contributed by atoms with Crippen LogP contribution in [0.1, 0.15) is 27.0 Å². The zero-order valence-electron chi connectivity index (χ0n) is 17.7. The Labute approximate surface area is 182 Å². The molecule has 14 nitrogen and oxygen atoms in total. The molecule has 176 valence electrons. The number of aliphatic hydroxyl groups is 2. The summed E-state index contributed by atoms with van der Waals surface area (Å²) in [5, 5.41) is 32.3. The van der Waals surface area contributed by atoms with Crippen molar-refractivity contribution in [3.63, 3.8) is 0 Å². The van der Waals surface area contributed by atoms with Gasteiger partial charge in [-0.05, 0) is 20.8 Å². The standard InChI is InChI=1S/C18H26N6O8/c1-18(2,3)32-17(29)23-8(16(27)28)4-30-5-9-11(25)12(26)15(31-9)24-7-22-10-13(19)20-6-21-14(10)24/h6-9,11-12,15,25-26H,4-5H2,1-3H3,(H,23,29)(H,27,28)(H2,19,20,21)/t8-,9+,11?,12-,15+/m0/s1. The minimum Gasteiger partial charge on any atom is -0.480 e. The number of aromatic nitrogens is 4. The molecule has 0 bridgehead atoms. The first-order valence-corrected chi connectivity index (χ1v) is 9.72. The Hall–Kier alpha value is -3.07. The SMILES string of the molecule is CC(C)(C)OC(=O)N[C@@H](COC[C@H]1O[C@@H](n2cnc3c(N)ncnc32)[C@@H](O)C1O)C(=O)O. The Kier molecular flexibility index (Phi) is 6.78. The topological polar surface area (TPSA) is 204 Å². The third-order valence-electron chi connectivity index (χ3n) is 4.55. The normalized spacial score (nSPS) is 24.4. The highest BCUT2D eigenvalue weighted by atomic mass is 16.6. The van der Waals surface area contributed by atoms with E-state index in [1.54, 1.807) is 20.8 Å². The van der Waals surface area contributed by atoms with Crippen LogP contribution in [0.5, 0.6) is 0 Å². The van der Waals surface area contributed by atoms with Crippen molar-refractivity contribution in [2.75, 3.05) is 18.9 Å². The summed E-state index contributed by atoms with van der Waals surface area (Å²) in [5.74, 6) is -1.18. The van der Waals surface area contributed by atoms with Crippen LogP contribution in [-0.4, -0.2) is 90.1 Å². The molecule has 32 heavy (non-hydrogen) atoms. The number of hydrogen-bond donors (Lipinski definition) is 5. The van der Waals surface area contributed by atoms with Crippen molar-refractivity contribution >= 4 is 29.0 Å². The summed E-state index contributed by atoms with van der Waals surface area (Å²) in [6.07, 6.45) is -3.01. The highest BCUT2D eigenvalue weighted by Crippen LogP contribution is 2.32. The molecule has 6 N–H and O–H groups in total. The van der Waals surface area contributed by atoms with Gasteiger partial charge in [0.05, 0.1) is 19.5 Å². The second-order valence-corrected chi connectivity index (χ2v) is 8.20. The second kappa shape index (κ2) is 9.20. The maximum Gasteiger partial charge on any atom is 0.408 e. The Morgan fingerprint density at radius 3 is 2.66 bits per heavy atom. The zero-order chi connectivity index (χ0) is 23.6. The number of carbonyl (C=O) groups excluding carboxylic acids is 1. The smallest absolute Gasteiger partial charge is 0.408 e. The number of ether oxygens (including phenoxy) is 3. The number of hydrogen-bond acceptors (Lipinski definition) is 11. The highest BCUT2D eigenvalue weighted by molar-refractivity contribution is 5.81. The molecule has 1 aliphatic rings. The van der Waals surface area contributed by atoms with Crippen LogP contribution in [0.4, 0.5) is 10.6 Å². The molecule has 0 aliphatic carbocycles. The van der Waals surface area contributed by atoms with Gasteiger partial charge in [-0.1, -0.05) is 0 Å². The fraction of sp³-hybridized carbons (Fsp3) is 0.611. The van der Waals surface area contributed by atoms with Crippen molar-refractivity contribution in [3.05, 3.63) is 12.7 Å². The van der Waals surface area contributed by atoms with E-state index in [0.717, 1.165) is 0 Å². The molecule has 5 atom stereocenters. The van der Waals surface area contributed by atoms with E-state index < -0.39 is 54.9 Å². The number of rotatable bonds is 7. The first-order valence-electron chi connectivity index (χ1n) is 9.72. The molecule has 1 aliphatic heterocycles. The van der Waals surface area contributed by atoms with Crippen LogP contribution in [0, 0.1) is 0 Å². The lowest BCUT2D eigenvalue weighted by Crippen LogP contribution is -2.46. The Balaban J connectivity index is 1.60. The molecule has 1 amide bonds. The summed E-state index contributed by atoms with van der Waals surface area (Å²) in [6.45, 7) is 4.26. The average molecular weight is 454 g/mol. The van der Waals surface area contributed by atoms with Crippen molar-refractivity contribution in [2.24, 2.45) is 0 Å². The third kappa shape index (κ3) is 5.21. The molecule has 0 saturated carbocycles. The van der Waals surface area contributed by atoms with E-state index in [1.165, 1.54) is 17.2 Å². The molecule has 3 rings (SSSR count). The molecule has 14 heteroatoms. The van der Waals surface area contributed by atoms with Crippen molar-refractivity contribution in [3.8, 4) is 0 Å². The van der Waals surface area contributed by atoms with Crippen LogP contribution < -0.4 is 11.1 Å². The van der Waals surface area contributed by atoms with Crippen molar-refractivity contribution in [1.82, 2.24) is 24.8 Å². The minimum absolute atomic E-state index is 0.152. The van der Waals surface area contributed by atoms with Gasteiger partial charge < -0.3 is 40.6 Å². The van der Waals surface area contributed by atoms with E-state index in [0.29, 0.717) is 11.2 Å². The van der Waals surface area contributed by atoms with Gasteiger partial charge in [0, 0.05) is 0 Å². The molecule has 2 aromatic heterocycles.